The number of rotatable bonds is 4. The molecule has 20 heavy (non-hydrogen) atoms. The smallest absolute Gasteiger partial charge is 0.0292 e. The van der Waals surface area contributed by atoms with Crippen LogP contribution in [-0.2, 0) is 6.42 Å². The number of hydrogen-bond acceptors (Lipinski definition) is 2. The maximum absolute atomic E-state index is 3.68. The van der Waals surface area contributed by atoms with Crippen LogP contribution in [0.3, 0.4) is 0 Å². The SMILES string of the molecule is Cc1cccc([C@@H](C)NCC2Cc3ccccc3S2)c1. The highest BCUT2D eigenvalue weighted by Crippen LogP contribution is 2.36. The second-order valence-corrected chi connectivity index (χ2v) is 6.94. The third-order valence-electron chi connectivity index (χ3n) is 3.91. The van der Waals surface area contributed by atoms with Crippen LogP contribution in [0.1, 0.15) is 29.7 Å². The highest BCUT2D eigenvalue weighted by atomic mass is 32.2. The lowest BCUT2D eigenvalue weighted by Crippen LogP contribution is -2.27. The van der Waals surface area contributed by atoms with Gasteiger partial charge >= 0.3 is 0 Å². The Morgan fingerprint density at radius 2 is 2.05 bits per heavy atom. The van der Waals surface area contributed by atoms with Crippen LogP contribution < -0.4 is 5.32 Å². The summed E-state index contributed by atoms with van der Waals surface area (Å²) in [7, 11) is 0. The van der Waals surface area contributed by atoms with Crippen LogP contribution >= 0.6 is 11.8 Å². The van der Waals surface area contributed by atoms with Gasteiger partial charge in [-0.25, -0.2) is 0 Å². The number of thioether (sulfide) groups is 1. The average Bonchev–Trinajstić information content (AvgIpc) is 2.87. The molecule has 0 saturated carbocycles. The fourth-order valence-electron chi connectivity index (χ4n) is 2.73. The molecule has 1 heterocycles. The normalized spacial score (nSPS) is 18.8. The molecule has 0 aliphatic carbocycles. The van der Waals surface area contributed by atoms with Crippen molar-refractivity contribution in [1.82, 2.24) is 5.32 Å². The Balaban J connectivity index is 1.56. The molecule has 0 saturated heterocycles. The molecule has 3 rings (SSSR count). The van der Waals surface area contributed by atoms with Gasteiger partial charge in [0.25, 0.3) is 0 Å². The zero-order chi connectivity index (χ0) is 13.9. The van der Waals surface area contributed by atoms with Crippen molar-refractivity contribution in [2.75, 3.05) is 6.54 Å². The van der Waals surface area contributed by atoms with Gasteiger partial charge in [-0.3, -0.25) is 0 Å². The van der Waals surface area contributed by atoms with Crippen molar-refractivity contribution < 1.29 is 0 Å². The van der Waals surface area contributed by atoms with Crippen molar-refractivity contribution in [3.8, 4) is 0 Å². The quantitative estimate of drug-likeness (QED) is 0.894. The van der Waals surface area contributed by atoms with Crippen molar-refractivity contribution in [3.63, 3.8) is 0 Å². The van der Waals surface area contributed by atoms with Crippen LogP contribution in [0, 0.1) is 6.92 Å². The summed E-state index contributed by atoms with van der Waals surface area (Å²) in [6.45, 7) is 5.47. The summed E-state index contributed by atoms with van der Waals surface area (Å²) >= 11 is 2.01. The van der Waals surface area contributed by atoms with Crippen molar-refractivity contribution in [3.05, 3.63) is 65.2 Å². The van der Waals surface area contributed by atoms with Gasteiger partial charge in [0.1, 0.15) is 0 Å². The minimum absolute atomic E-state index is 0.416. The summed E-state index contributed by atoms with van der Waals surface area (Å²) < 4.78 is 0. The number of fused-ring (bicyclic) bond motifs is 1. The van der Waals surface area contributed by atoms with E-state index in [2.05, 4.69) is 67.7 Å². The Morgan fingerprint density at radius 3 is 2.85 bits per heavy atom. The molecule has 0 aromatic heterocycles. The first kappa shape index (κ1) is 13.7. The summed E-state index contributed by atoms with van der Waals surface area (Å²) in [4.78, 5) is 1.46. The van der Waals surface area contributed by atoms with E-state index in [0.29, 0.717) is 11.3 Å². The van der Waals surface area contributed by atoms with E-state index in [9.17, 15) is 0 Å². The standard InChI is InChI=1S/C18H21NS/c1-13-6-5-8-15(10-13)14(2)19-12-17-11-16-7-3-4-9-18(16)20-17/h3-10,14,17,19H,11-12H2,1-2H3/t14-,17?/m1/s1. The predicted octanol–water partition coefficient (Wildman–Crippen LogP) is 4.36. The molecule has 2 aromatic rings. The topological polar surface area (TPSA) is 12.0 Å². The minimum Gasteiger partial charge on any atom is -0.309 e. The minimum atomic E-state index is 0.416. The molecule has 0 spiro atoms. The molecule has 1 unspecified atom stereocenters. The third-order valence-corrected chi connectivity index (χ3v) is 5.23. The van der Waals surface area contributed by atoms with Crippen LogP contribution in [0.5, 0.6) is 0 Å². The van der Waals surface area contributed by atoms with Crippen molar-refractivity contribution in [1.29, 1.82) is 0 Å². The Kier molecular flexibility index (Phi) is 4.13. The van der Waals surface area contributed by atoms with Gasteiger partial charge < -0.3 is 5.32 Å². The molecule has 0 fully saturated rings. The lowest BCUT2D eigenvalue weighted by atomic mass is 10.1. The molecule has 2 aromatic carbocycles. The van der Waals surface area contributed by atoms with Crippen LogP contribution in [0.2, 0.25) is 0 Å². The van der Waals surface area contributed by atoms with Gasteiger partial charge in [0.2, 0.25) is 0 Å². The van der Waals surface area contributed by atoms with E-state index in [0.717, 1.165) is 6.54 Å². The molecule has 2 atom stereocenters. The molecular formula is C18H21NS. The fraction of sp³-hybridized carbons (Fsp3) is 0.333. The first-order valence-electron chi connectivity index (χ1n) is 7.27. The number of aryl methyl sites for hydroxylation is 1. The summed E-state index contributed by atoms with van der Waals surface area (Å²) in [5.41, 5.74) is 4.22. The number of nitrogens with one attached hydrogen (secondary N) is 1. The van der Waals surface area contributed by atoms with Gasteiger partial charge in [-0.1, -0.05) is 48.0 Å². The maximum Gasteiger partial charge on any atom is 0.0292 e. The Hall–Kier alpha value is -1.25. The van der Waals surface area contributed by atoms with Gasteiger partial charge in [0, 0.05) is 22.7 Å². The van der Waals surface area contributed by atoms with E-state index in [-0.39, 0.29) is 0 Å². The largest absolute Gasteiger partial charge is 0.309 e. The fourth-order valence-corrected chi connectivity index (χ4v) is 3.99. The molecule has 1 aliphatic rings. The Morgan fingerprint density at radius 1 is 1.20 bits per heavy atom. The molecule has 2 heteroatoms. The van der Waals surface area contributed by atoms with E-state index in [4.69, 9.17) is 0 Å². The van der Waals surface area contributed by atoms with Gasteiger partial charge in [-0.05, 0) is 37.5 Å². The lowest BCUT2D eigenvalue weighted by molar-refractivity contribution is 0.567. The maximum atomic E-state index is 3.68. The zero-order valence-corrected chi connectivity index (χ0v) is 12.9. The molecule has 0 radical (unpaired) electrons. The van der Waals surface area contributed by atoms with Crippen LogP contribution in [0.15, 0.2) is 53.4 Å². The van der Waals surface area contributed by atoms with Crippen LogP contribution in [-0.4, -0.2) is 11.8 Å². The third kappa shape index (κ3) is 3.08. The zero-order valence-electron chi connectivity index (χ0n) is 12.1. The number of hydrogen-bond donors (Lipinski definition) is 1. The first-order valence-corrected chi connectivity index (χ1v) is 8.15. The van der Waals surface area contributed by atoms with E-state index in [1.165, 1.54) is 28.0 Å². The molecule has 104 valence electrons. The monoisotopic (exact) mass is 283 g/mol. The van der Waals surface area contributed by atoms with Gasteiger partial charge in [-0.15, -0.1) is 11.8 Å². The van der Waals surface area contributed by atoms with Gasteiger partial charge in [0.15, 0.2) is 0 Å². The van der Waals surface area contributed by atoms with E-state index in [1.807, 2.05) is 11.8 Å². The second-order valence-electron chi connectivity index (χ2n) is 5.60. The van der Waals surface area contributed by atoms with Gasteiger partial charge in [-0.2, -0.15) is 0 Å². The van der Waals surface area contributed by atoms with Crippen LogP contribution in [0.25, 0.3) is 0 Å². The molecule has 0 amide bonds. The van der Waals surface area contributed by atoms with Crippen molar-refractivity contribution in [2.24, 2.45) is 0 Å². The highest BCUT2D eigenvalue weighted by molar-refractivity contribution is 8.00. The molecular weight excluding hydrogens is 262 g/mol. The Bertz CT molecular complexity index is 568. The molecule has 0 bridgehead atoms. The van der Waals surface area contributed by atoms with Crippen molar-refractivity contribution >= 4 is 11.8 Å². The highest BCUT2D eigenvalue weighted by Gasteiger charge is 2.21. The van der Waals surface area contributed by atoms with Gasteiger partial charge in [0.05, 0.1) is 0 Å². The summed E-state index contributed by atoms with van der Waals surface area (Å²) in [6, 6.07) is 18.0. The first-order chi connectivity index (χ1) is 9.72. The number of benzene rings is 2. The van der Waals surface area contributed by atoms with E-state index >= 15 is 0 Å². The predicted molar refractivity (Wildman–Crippen MR) is 87.4 cm³/mol. The average molecular weight is 283 g/mol. The summed E-state index contributed by atoms with van der Waals surface area (Å²) in [5, 5.41) is 4.35. The summed E-state index contributed by atoms with van der Waals surface area (Å²) in [5.74, 6) is 0. The molecule has 1 N–H and O–H groups in total. The summed E-state index contributed by atoms with van der Waals surface area (Å²) in [6.07, 6.45) is 1.19. The van der Waals surface area contributed by atoms with Crippen molar-refractivity contribution in [2.45, 2.75) is 36.5 Å². The second kappa shape index (κ2) is 6.02. The van der Waals surface area contributed by atoms with E-state index in [1.54, 1.807) is 0 Å². The van der Waals surface area contributed by atoms with Crippen LogP contribution in [0.4, 0.5) is 0 Å². The molecule has 1 nitrogen and oxygen atoms in total. The lowest BCUT2D eigenvalue weighted by Gasteiger charge is -2.17. The Labute approximate surface area is 125 Å². The molecule has 1 aliphatic heterocycles. The van der Waals surface area contributed by atoms with E-state index < -0.39 is 0 Å².